The minimum atomic E-state index is 0.00978. The molecule has 2 heterocycles. The van der Waals surface area contributed by atoms with Crippen molar-refractivity contribution in [3.8, 4) is 11.3 Å². The highest BCUT2D eigenvalue weighted by Crippen LogP contribution is 2.28. The van der Waals surface area contributed by atoms with Gasteiger partial charge >= 0.3 is 0 Å². The Morgan fingerprint density at radius 2 is 1.95 bits per heavy atom. The maximum absolute atomic E-state index is 11.3. The first-order valence-electron chi connectivity index (χ1n) is 6.35. The van der Waals surface area contributed by atoms with Crippen molar-refractivity contribution < 1.29 is 4.79 Å². The highest BCUT2D eigenvalue weighted by atomic mass is 16.1. The first kappa shape index (κ1) is 11.7. The van der Waals surface area contributed by atoms with E-state index in [1.807, 2.05) is 42.5 Å². The third kappa shape index (κ3) is 2.29. The van der Waals surface area contributed by atoms with Gasteiger partial charge in [0.2, 0.25) is 5.91 Å². The fraction of sp³-hybridized carbons (Fsp3) is 0.200. The van der Waals surface area contributed by atoms with Crippen LogP contribution in [-0.4, -0.2) is 10.9 Å². The summed E-state index contributed by atoms with van der Waals surface area (Å²) < 4.78 is 0. The van der Waals surface area contributed by atoms with Crippen LogP contribution in [-0.2, 0) is 4.79 Å². The molecule has 1 aromatic heterocycles. The van der Waals surface area contributed by atoms with Crippen LogP contribution in [0.1, 0.15) is 24.6 Å². The largest absolute Gasteiger partial charge is 0.397 e. The molecule has 4 heteroatoms. The van der Waals surface area contributed by atoms with E-state index in [-0.39, 0.29) is 11.9 Å². The summed E-state index contributed by atoms with van der Waals surface area (Å²) >= 11 is 0. The Balaban J connectivity index is 1.99. The van der Waals surface area contributed by atoms with Crippen LogP contribution in [0, 0.1) is 0 Å². The van der Waals surface area contributed by atoms with Gasteiger partial charge in [-0.3, -0.25) is 4.79 Å². The Bertz CT molecular complexity index is 610. The smallest absolute Gasteiger partial charge is 0.220 e. The molecular weight excluding hydrogens is 238 g/mol. The second-order valence-electron chi connectivity index (χ2n) is 4.70. The van der Waals surface area contributed by atoms with Crippen molar-refractivity contribution in [3.05, 3.63) is 48.2 Å². The third-order valence-corrected chi connectivity index (χ3v) is 3.35. The van der Waals surface area contributed by atoms with E-state index in [2.05, 4.69) is 10.3 Å². The van der Waals surface area contributed by atoms with Crippen molar-refractivity contribution in [1.82, 2.24) is 10.3 Å². The zero-order valence-corrected chi connectivity index (χ0v) is 10.5. The summed E-state index contributed by atoms with van der Waals surface area (Å²) in [4.78, 5) is 15.9. The summed E-state index contributed by atoms with van der Waals surface area (Å²) in [5.41, 5.74) is 9.29. The summed E-state index contributed by atoms with van der Waals surface area (Å²) in [6.45, 7) is 0. The number of nitrogen functional groups attached to an aromatic ring is 1. The quantitative estimate of drug-likeness (QED) is 0.862. The Morgan fingerprint density at radius 3 is 2.63 bits per heavy atom. The highest BCUT2D eigenvalue weighted by molar-refractivity contribution is 5.79. The number of hydrogen-bond acceptors (Lipinski definition) is 3. The van der Waals surface area contributed by atoms with Crippen molar-refractivity contribution in [3.63, 3.8) is 0 Å². The topological polar surface area (TPSA) is 68.0 Å². The van der Waals surface area contributed by atoms with E-state index in [9.17, 15) is 4.79 Å². The number of carbonyl (C=O) groups excluding carboxylic acids is 1. The number of aromatic nitrogens is 1. The molecule has 4 nitrogen and oxygen atoms in total. The van der Waals surface area contributed by atoms with Gasteiger partial charge in [0, 0.05) is 12.0 Å². The number of nitrogens with zero attached hydrogens (tertiary/aromatic N) is 1. The van der Waals surface area contributed by atoms with Gasteiger partial charge in [-0.25, -0.2) is 4.98 Å². The van der Waals surface area contributed by atoms with Gasteiger partial charge in [0.15, 0.2) is 0 Å². The van der Waals surface area contributed by atoms with Gasteiger partial charge in [-0.15, -0.1) is 0 Å². The number of amides is 1. The van der Waals surface area contributed by atoms with Crippen LogP contribution in [0.3, 0.4) is 0 Å². The summed E-state index contributed by atoms with van der Waals surface area (Å²) in [7, 11) is 0. The molecule has 19 heavy (non-hydrogen) atoms. The van der Waals surface area contributed by atoms with Gasteiger partial charge in [0.05, 0.1) is 23.1 Å². The molecule has 1 atom stereocenters. The molecule has 3 rings (SSSR count). The molecule has 1 saturated heterocycles. The monoisotopic (exact) mass is 253 g/mol. The van der Waals surface area contributed by atoms with Crippen LogP contribution >= 0.6 is 0 Å². The van der Waals surface area contributed by atoms with Gasteiger partial charge in [0.1, 0.15) is 0 Å². The van der Waals surface area contributed by atoms with Gasteiger partial charge in [0.25, 0.3) is 0 Å². The predicted molar refractivity (Wildman–Crippen MR) is 74.2 cm³/mol. The molecule has 3 N–H and O–H groups in total. The second-order valence-corrected chi connectivity index (χ2v) is 4.70. The van der Waals surface area contributed by atoms with Crippen molar-refractivity contribution in [1.29, 1.82) is 0 Å². The molecule has 1 amide bonds. The number of hydrogen-bond donors (Lipinski definition) is 2. The number of benzene rings is 1. The second kappa shape index (κ2) is 4.72. The van der Waals surface area contributed by atoms with Crippen molar-refractivity contribution in [2.45, 2.75) is 18.9 Å². The first-order chi connectivity index (χ1) is 9.24. The average molecular weight is 253 g/mol. The Labute approximate surface area is 111 Å². The number of rotatable bonds is 2. The lowest BCUT2D eigenvalue weighted by Crippen LogP contribution is -2.19. The number of carbonyl (C=O) groups is 1. The molecule has 1 fully saturated rings. The fourth-order valence-electron chi connectivity index (χ4n) is 2.34. The fourth-order valence-corrected chi connectivity index (χ4v) is 2.34. The standard InChI is InChI=1S/C15H15N3O/c16-11-6-7-13(12-8-9-14(19)17-12)18-15(11)10-4-2-1-3-5-10/h1-7,12H,8-9,16H2,(H,17,19). The number of nitrogens with two attached hydrogens (primary N) is 1. The van der Waals surface area contributed by atoms with Crippen LogP contribution < -0.4 is 11.1 Å². The van der Waals surface area contributed by atoms with E-state index in [1.54, 1.807) is 0 Å². The lowest BCUT2D eigenvalue weighted by Gasteiger charge is -2.12. The molecule has 0 aliphatic carbocycles. The Hall–Kier alpha value is -2.36. The van der Waals surface area contributed by atoms with E-state index < -0.39 is 0 Å². The van der Waals surface area contributed by atoms with Gasteiger partial charge in [-0.1, -0.05) is 30.3 Å². The summed E-state index contributed by atoms with van der Waals surface area (Å²) in [6, 6.07) is 13.6. The minimum Gasteiger partial charge on any atom is -0.397 e. The maximum atomic E-state index is 11.3. The van der Waals surface area contributed by atoms with Crippen LogP contribution in [0.4, 0.5) is 5.69 Å². The van der Waals surface area contributed by atoms with Crippen LogP contribution in [0.5, 0.6) is 0 Å². The van der Waals surface area contributed by atoms with Crippen LogP contribution in [0.25, 0.3) is 11.3 Å². The number of anilines is 1. The molecule has 1 aliphatic heterocycles. The van der Waals surface area contributed by atoms with Crippen LogP contribution in [0.2, 0.25) is 0 Å². The molecule has 0 bridgehead atoms. The molecule has 0 saturated carbocycles. The van der Waals surface area contributed by atoms with Gasteiger partial charge in [-0.2, -0.15) is 0 Å². The molecule has 96 valence electrons. The van der Waals surface area contributed by atoms with Crippen molar-refractivity contribution in [2.24, 2.45) is 0 Å². The SMILES string of the molecule is Nc1ccc(C2CCC(=O)N2)nc1-c1ccccc1. The zero-order valence-electron chi connectivity index (χ0n) is 10.5. The van der Waals surface area contributed by atoms with E-state index in [1.165, 1.54) is 0 Å². The average Bonchev–Trinajstić information content (AvgIpc) is 2.87. The highest BCUT2D eigenvalue weighted by Gasteiger charge is 2.23. The minimum absolute atomic E-state index is 0.00978. The molecule has 2 aromatic rings. The molecule has 1 aliphatic rings. The number of pyridine rings is 1. The predicted octanol–water partition coefficient (Wildman–Crippen LogP) is 2.28. The Kier molecular flexibility index (Phi) is 2.91. The summed E-state index contributed by atoms with van der Waals surface area (Å²) in [5, 5.41) is 2.93. The maximum Gasteiger partial charge on any atom is 0.220 e. The summed E-state index contributed by atoms with van der Waals surface area (Å²) in [5.74, 6) is 0.0879. The van der Waals surface area contributed by atoms with Crippen LogP contribution in [0.15, 0.2) is 42.5 Å². The van der Waals surface area contributed by atoms with Crippen molar-refractivity contribution >= 4 is 11.6 Å². The summed E-state index contributed by atoms with van der Waals surface area (Å²) in [6.07, 6.45) is 1.36. The molecule has 0 spiro atoms. The normalized spacial score (nSPS) is 18.3. The third-order valence-electron chi connectivity index (χ3n) is 3.35. The van der Waals surface area contributed by atoms with Crippen molar-refractivity contribution in [2.75, 3.05) is 5.73 Å². The molecular formula is C15H15N3O. The van der Waals surface area contributed by atoms with E-state index >= 15 is 0 Å². The molecule has 1 unspecified atom stereocenters. The first-order valence-corrected chi connectivity index (χ1v) is 6.35. The Morgan fingerprint density at radius 1 is 1.16 bits per heavy atom. The van der Waals surface area contributed by atoms with Gasteiger partial charge < -0.3 is 11.1 Å². The van der Waals surface area contributed by atoms with E-state index in [4.69, 9.17) is 5.73 Å². The number of nitrogens with one attached hydrogen (secondary N) is 1. The lowest BCUT2D eigenvalue weighted by atomic mass is 10.1. The van der Waals surface area contributed by atoms with Gasteiger partial charge in [-0.05, 0) is 18.6 Å². The molecule has 1 aromatic carbocycles. The van der Waals surface area contributed by atoms with E-state index in [0.29, 0.717) is 12.1 Å². The zero-order chi connectivity index (χ0) is 13.2. The molecule has 0 radical (unpaired) electrons. The van der Waals surface area contributed by atoms with E-state index in [0.717, 1.165) is 23.4 Å². The lowest BCUT2D eigenvalue weighted by molar-refractivity contribution is -0.119.